The first-order valence-electron chi connectivity index (χ1n) is 7.95. The Balaban J connectivity index is 2.03. The lowest BCUT2D eigenvalue weighted by atomic mass is 9.65. The summed E-state index contributed by atoms with van der Waals surface area (Å²) in [5.41, 5.74) is 1.20. The van der Waals surface area contributed by atoms with Gasteiger partial charge in [-0.1, -0.05) is 18.2 Å². The highest BCUT2D eigenvalue weighted by molar-refractivity contribution is 6.49. The number of rotatable bonds is 2. The van der Waals surface area contributed by atoms with Gasteiger partial charge in [-0.15, -0.1) is 0 Å². The van der Waals surface area contributed by atoms with Crippen molar-refractivity contribution in [3.63, 3.8) is 0 Å². The molecule has 2 aliphatic rings. The van der Waals surface area contributed by atoms with Crippen molar-refractivity contribution >= 4 is 18.8 Å². The van der Waals surface area contributed by atoms with Gasteiger partial charge in [0.1, 0.15) is 6.04 Å². The Morgan fingerprint density at radius 3 is 2.30 bits per heavy atom. The molecule has 0 spiro atoms. The fourth-order valence-electron chi connectivity index (χ4n) is 3.41. The molecule has 124 valence electrons. The average Bonchev–Trinajstić information content (AvgIpc) is 2.89. The van der Waals surface area contributed by atoms with E-state index in [0.29, 0.717) is 0 Å². The predicted molar refractivity (Wildman–Crippen MR) is 89.5 cm³/mol. The number of methoxy groups -OCH3 is 1. The Hall–Kier alpha value is -1.53. The molecule has 5 nitrogen and oxygen atoms in total. The second-order valence-electron chi connectivity index (χ2n) is 7.29. The summed E-state index contributed by atoms with van der Waals surface area (Å²) in [6.45, 7) is 8.07. The van der Waals surface area contributed by atoms with Gasteiger partial charge in [0.25, 0.3) is 0 Å². The van der Waals surface area contributed by atoms with Gasteiger partial charge in [0.2, 0.25) is 0 Å². The molecule has 1 aromatic rings. The maximum Gasteiger partial charge on any atom is 0.468 e. The molecule has 1 aromatic carbocycles. The second kappa shape index (κ2) is 5.25. The number of hydrogen-bond donors (Lipinski definition) is 0. The largest absolute Gasteiger partial charge is 0.468 e. The van der Waals surface area contributed by atoms with Gasteiger partial charge in [0.05, 0.1) is 24.1 Å². The Labute approximate surface area is 138 Å². The molecule has 0 N–H and O–H groups in total. The number of ether oxygens (including phenoxy) is 1. The van der Waals surface area contributed by atoms with Crippen LogP contribution < -0.4 is 4.90 Å². The molecular formula is C17H24BNO4. The van der Waals surface area contributed by atoms with Crippen LogP contribution in [0, 0.1) is 0 Å². The van der Waals surface area contributed by atoms with Crippen LogP contribution in [-0.4, -0.2) is 44.5 Å². The monoisotopic (exact) mass is 317 g/mol. The van der Waals surface area contributed by atoms with E-state index in [0.717, 1.165) is 11.3 Å². The number of likely N-dealkylation sites (N-methyl/N-ethyl adjacent to an activating group) is 1. The van der Waals surface area contributed by atoms with Gasteiger partial charge < -0.3 is 18.9 Å². The predicted octanol–water partition coefficient (Wildman–Crippen LogP) is 2.39. The van der Waals surface area contributed by atoms with Crippen LogP contribution in [0.3, 0.4) is 0 Å². The molecule has 1 unspecified atom stereocenters. The number of carbonyl (C=O) groups excluding carboxylic acids is 1. The summed E-state index contributed by atoms with van der Waals surface area (Å²) in [5, 5.41) is 0. The van der Waals surface area contributed by atoms with E-state index in [1.807, 2.05) is 63.9 Å². The number of fused-ring (bicyclic) bond motifs is 1. The SMILES string of the molecule is COC(=O)C1[C@@H](B2OC(C)(C)C(C)(C)O2)c2ccccc2N1C. The number of carbonyl (C=O) groups is 1. The normalized spacial score (nSPS) is 27.9. The van der Waals surface area contributed by atoms with Crippen molar-refractivity contribution in [1.82, 2.24) is 0 Å². The summed E-state index contributed by atoms with van der Waals surface area (Å²) in [5.74, 6) is -0.492. The lowest BCUT2D eigenvalue weighted by Gasteiger charge is -2.32. The third kappa shape index (κ3) is 2.36. The highest BCUT2D eigenvalue weighted by Crippen LogP contribution is 2.47. The van der Waals surface area contributed by atoms with E-state index in [1.54, 1.807) is 0 Å². The zero-order chi connectivity index (χ0) is 17.0. The van der Waals surface area contributed by atoms with E-state index in [4.69, 9.17) is 14.0 Å². The van der Waals surface area contributed by atoms with Crippen molar-refractivity contribution in [1.29, 1.82) is 0 Å². The van der Waals surface area contributed by atoms with Crippen LogP contribution in [0.25, 0.3) is 0 Å². The highest BCUT2D eigenvalue weighted by atomic mass is 16.7. The molecule has 2 aliphatic heterocycles. The molecule has 2 heterocycles. The highest BCUT2D eigenvalue weighted by Gasteiger charge is 2.59. The minimum absolute atomic E-state index is 0.218. The average molecular weight is 317 g/mol. The number of benzene rings is 1. The Bertz CT molecular complexity index is 615. The van der Waals surface area contributed by atoms with Crippen LogP contribution in [0.4, 0.5) is 5.69 Å². The van der Waals surface area contributed by atoms with Gasteiger partial charge in [-0.3, -0.25) is 0 Å². The van der Waals surface area contributed by atoms with E-state index < -0.39 is 24.4 Å². The van der Waals surface area contributed by atoms with Crippen LogP contribution in [0.15, 0.2) is 24.3 Å². The summed E-state index contributed by atoms with van der Waals surface area (Å²) in [6.07, 6.45) is 0. The molecule has 0 radical (unpaired) electrons. The van der Waals surface area contributed by atoms with Gasteiger partial charge >= 0.3 is 13.1 Å². The Morgan fingerprint density at radius 2 is 1.74 bits per heavy atom. The molecular weight excluding hydrogens is 293 g/mol. The number of anilines is 1. The topological polar surface area (TPSA) is 48.0 Å². The summed E-state index contributed by atoms with van der Waals surface area (Å²) in [6, 6.07) is 7.54. The van der Waals surface area contributed by atoms with Gasteiger partial charge in [0, 0.05) is 12.7 Å². The fourth-order valence-corrected chi connectivity index (χ4v) is 3.41. The number of para-hydroxylation sites is 1. The molecule has 1 fully saturated rings. The van der Waals surface area contributed by atoms with Crippen molar-refractivity contribution < 1.29 is 18.8 Å². The maximum atomic E-state index is 12.4. The van der Waals surface area contributed by atoms with Crippen LogP contribution >= 0.6 is 0 Å². The molecule has 1 saturated heterocycles. The minimum atomic E-state index is -0.491. The third-order valence-electron chi connectivity index (χ3n) is 5.44. The Morgan fingerprint density at radius 1 is 1.17 bits per heavy atom. The summed E-state index contributed by atoms with van der Waals surface area (Å²) in [4.78, 5) is 14.4. The summed E-state index contributed by atoms with van der Waals surface area (Å²) >= 11 is 0. The fraction of sp³-hybridized carbons (Fsp3) is 0.588. The number of nitrogens with zero attached hydrogens (tertiary/aromatic N) is 1. The molecule has 0 amide bonds. The molecule has 0 saturated carbocycles. The molecule has 0 bridgehead atoms. The van der Waals surface area contributed by atoms with Crippen LogP contribution in [-0.2, 0) is 18.8 Å². The van der Waals surface area contributed by atoms with E-state index in [1.165, 1.54) is 7.11 Å². The van der Waals surface area contributed by atoms with E-state index in [9.17, 15) is 4.79 Å². The summed E-state index contributed by atoms with van der Waals surface area (Å²) in [7, 11) is 2.83. The number of hydrogen-bond acceptors (Lipinski definition) is 5. The number of esters is 1. The van der Waals surface area contributed by atoms with Crippen molar-refractivity contribution in [3.05, 3.63) is 29.8 Å². The first-order valence-corrected chi connectivity index (χ1v) is 7.95. The summed E-state index contributed by atoms with van der Waals surface area (Å²) < 4.78 is 17.5. The quantitative estimate of drug-likeness (QED) is 0.619. The zero-order valence-electron chi connectivity index (χ0n) is 14.6. The van der Waals surface area contributed by atoms with Crippen LogP contribution in [0.1, 0.15) is 39.1 Å². The zero-order valence-corrected chi connectivity index (χ0v) is 14.6. The Kier molecular flexibility index (Phi) is 3.73. The van der Waals surface area contributed by atoms with Crippen molar-refractivity contribution in [2.75, 3.05) is 19.1 Å². The van der Waals surface area contributed by atoms with Gasteiger partial charge in [0.15, 0.2) is 0 Å². The first kappa shape index (κ1) is 16.3. The molecule has 3 rings (SSSR count). The lowest BCUT2D eigenvalue weighted by Crippen LogP contribution is -2.45. The molecule has 6 heteroatoms. The van der Waals surface area contributed by atoms with Crippen LogP contribution in [0.5, 0.6) is 0 Å². The smallest absolute Gasteiger partial charge is 0.467 e. The van der Waals surface area contributed by atoms with Gasteiger partial charge in [-0.25, -0.2) is 4.79 Å². The first-order chi connectivity index (χ1) is 10.7. The van der Waals surface area contributed by atoms with E-state index in [2.05, 4.69) is 0 Å². The standard InChI is InChI=1S/C17H24BNO4/c1-16(2)17(3,4)23-18(22-16)13-11-9-7-8-10-12(11)19(5)14(13)15(20)21-6/h7-10,13-14H,1-6H3/t13-,14?/m0/s1. The second-order valence-corrected chi connectivity index (χ2v) is 7.29. The lowest BCUT2D eigenvalue weighted by molar-refractivity contribution is -0.142. The van der Waals surface area contributed by atoms with Crippen molar-refractivity contribution in [3.8, 4) is 0 Å². The van der Waals surface area contributed by atoms with Crippen molar-refractivity contribution in [2.24, 2.45) is 0 Å². The van der Waals surface area contributed by atoms with E-state index >= 15 is 0 Å². The van der Waals surface area contributed by atoms with Crippen LogP contribution in [0.2, 0.25) is 0 Å². The van der Waals surface area contributed by atoms with Gasteiger partial charge in [-0.2, -0.15) is 0 Å². The third-order valence-corrected chi connectivity index (χ3v) is 5.44. The van der Waals surface area contributed by atoms with E-state index in [-0.39, 0.29) is 11.8 Å². The maximum absolute atomic E-state index is 12.4. The molecule has 0 aliphatic carbocycles. The minimum Gasteiger partial charge on any atom is -0.467 e. The van der Waals surface area contributed by atoms with Crippen molar-refractivity contribution in [2.45, 2.75) is 50.8 Å². The molecule has 0 aromatic heterocycles. The molecule has 2 atom stereocenters. The van der Waals surface area contributed by atoms with Gasteiger partial charge in [-0.05, 0) is 39.3 Å². The molecule has 23 heavy (non-hydrogen) atoms.